The van der Waals surface area contributed by atoms with E-state index in [4.69, 9.17) is 0 Å². The molecule has 2 rings (SSSR count). The molecule has 0 bridgehead atoms. The summed E-state index contributed by atoms with van der Waals surface area (Å²) < 4.78 is 0. The maximum Gasteiger partial charge on any atom is 0.121 e. The number of aryl methyl sites for hydroxylation is 1. The topological polar surface area (TPSA) is 33.1 Å². The van der Waals surface area contributed by atoms with E-state index in [1.165, 1.54) is 0 Å². The molecule has 1 aromatic heterocycles. The van der Waals surface area contributed by atoms with Gasteiger partial charge in [0.15, 0.2) is 0 Å². The Morgan fingerprint density at radius 3 is 2.67 bits per heavy atom. The Bertz CT molecular complexity index is 439. The summed E-state index contributed by atoms with van der Waals surface area (Å²) in [6.07, 6.45) is 1.06. The van der Waals surface area contributed by atoms with Crippen molar-refractivity contribution < 1.29 is 5.11 Å². The molecule has 1 N–H and O–H groups in total. The number of aromatic nitrogens is 1. The minimum absolute atomic E-state index is 0.633. The standard InChI is InChI=1S/C13H13NO/c1-10-5-4-6-11(9-10)13(15)12-7-2-3-8-14-12/h2-9,13,15H,1H3. The van der Waals surface area contributed by atoms with Crippen molar-refractivity contribution in [2.75, 3.05) is 0 Å². The monoisotopic (exact) mass is 199 g/mol. The van der Waals surface area contributed by atoms with Crippen molar-refractivity contribution in [2.45, 2.75) is 13.0 Å². The largest absolute Gasteiger partial charge is 0.382 e. The van der Waals surface area contributed by atoms with Crippen molar-refractivity contribution in [3.05, 3.63) is 65.5 Å². The minimum atomic E-state index is -0.633. The summed E-state index contributed by atoms with van der Waals surface area (Å²) in [6, 6.07) is 13.4. The van der Waals surface area contributed by atoms with Crippen LogP contribution in [0.5, 0.6) is 0 Å². The predicted octanol–water partition coefficient (Wildman–Crippen LogP) is 2.47. The van der Waals surface area contributed by atoms with Gasteiger partial charge in [-0.3, -0.25) is 4.98 Å². The molecule has 0 spiro atoms. The van der Waals surface area contributed by atoms with Gasteiger partial charge in [-0.1, -0.05) is 35.9 Å². The zero-order valence-corrected chi connectivity index (χ0v) is 8.59. The molecule has 0 saturated heterocycles. The van der Waals surface area contributed by atoms with Crippen molar-refractivity contribution in [2.24, 2.45) is 0 Å². The summed E-state index contributed by atoms with van der Waals surface area (Å²) >= 11 is 0. The highest BCUT2D eigenvalue weighted by atomic mass is 16.3. The zero-order chi connectivity index (χ0) is 10.7. The average Bonchev–Trinajstić information content (AvgIpc) is 2.29. The molecule has 0 aliphatic heterocycles. The van der Waals surface area contributed by atoms with Crippen LogP contribution in [0.2, 0.25) is 0 Å². The molecule has 1 unspecified atom stereocenters. The van der Waals surface area contributed by atoms with E-state index in [1.54, 1.807) is 6.20 Å². The molecule has 0 radical (unpaired) electrons. The van der Waals surface area contributed by atoms with E-state index in [9.17, 15) is 5.11 Å². The Morgan fingerprint density at radius 2 is 2.00 bits per heavy atom. The van der Waals surface area contributed by atoms with E-state index in [0.717, 1.165) is 11.1 Å². The first-order chi connectivity index (χ1) is 7.27. The molecule has 76 valence electrons. The van der Waals surface area contributed by atoms with Gasteiger partial charge in [0.2, 0.25) is 0 Å². The Morgan fingerprint density at radius 1 is 1.13 bits per heavy atom. The van der Waals surface area contributed by atoms with E-state index in [0.29, 0.717) is 5.69 Å². The van der Waals surface area contributed by atoms with Crippen LogP contribution >= 0.6 is 0 Å². The smallest absolute Gasteiger partial charge is 0.121 e. The van der Waals surface area contributed by atoms with Gasteiger partial charge in [-0.25, -0.2) is 0 Å². The first kappa shape index (κ1) is 9.87. The maximum absolute atomic E-state index is 10.1. The van der Waals surface area contributed by atoms with Crippen molar-refractivity contribution in [1.29, 1.82) is 0 Å². The van der Waals surface area contributed by atoms with Gasteiger partial charge >= 0.3 is 0 Å². The molecule has 2 heteroatoms. The van der Waals surface area contributed by atoms with Crippen LogP contribution < -0.4 is 0 Å². The summed E-state index contributed by atoms with van der Waals surface area (Å²) in [5.74, 6) is 0. The molecule has 1 aromatic carbocycles. The second-order valence-electron chi connectivity index (χ2n) is 3.57. The summed E-state index contributed by atoms with van der Waals surface area (Å²) in [5, 5.41) is 10.1. The van der Waals surface area contributed by atoms with Gasteiger partial charge < -0.3 is 5.11 Å². The molecular formula is C13H13NO. The third-order valence-electron chi connectivity index (χ3n) is 2.33. The fourth-order valence-corrected chi connectivity index (χ4v) is 1.55. The number of hydrogen-bond acceptors (Lipinski definition) is 2. The highest BCUT2D eigenvalue weighted by molar-refractivity contribution is 5.29. The third-order valence-corrected chi connectivity index (χ3v) is 2.33. The van der Waals surface area contributed by atoms with Crippen LogP contribution in [-0.2, 0) is 0 Å². The van der Waals surface area contributed by atoms with Gasteiger partial charge in [-0.05, 0) is 24.6 Å². The van der Waals surface area contributed by atoms with Gasteiger partial charge in [-0.2, -0.15) is 0 Å². The zero-order valence-electron chi connectivity index (χ0n) is 8.59. The third kappa shape index (κ3) is 2.22. The van der Waals surface area contributed by atoms with Crippen LogP contribution in [0.25, 0.3) is 0 Å². The molecule has 1 heterocycles. The molecule has 0 amide bonds. The average molecular weight is 199 g/mol. The number of hydrogen-bond donors (Lipinski definition) is 1. The quantitative estimate of drug-likeness (QED) is 0.806. The lowest BCUT2D eigenvalue weighted by molar-refractivity contribution is 0.215. The molecule has 0 fully saturated rings. The predicted molar refractivity (Wildman–Crippen MR) is 59.5 cm³/mol. The number of rotatable bonds is 2. The fraction of sp³-hybridized carbons (Fsp3) is 0.154. The summed E-state index contributed by atoms with van der Waals surface area (Å²) in [5.41, 5.74) is 2.71. The highest BCUT2D eigenvalue weighted by Crippen LogP contribution is 2.20. The van der Waals surface area contributed by atoms with E-state index in [1.807, 2.05) is 49.4 Å². The normalized spacial score (nSPS) is 12.4. The molecule has 15 heavy (non-hydrogen) atoms. The molecule has 0 aliphatic carbocycles. The molecule has 0 saturated carbocycles. The SMILES string of the molecule is Cc1cccc(C(O)c2ccccn2)c1. The Balaban J connectivity index is 2.32. The number of benzene rings is 1. The van der Waals surface area contributed by atoms with Gasteiger partial charge in [0, 0.05) is 6.20 Å². The Labute approximate surface area is 89.2 Å². The van der Waals surface area contributed by atoms with E-state index < -0.39 is 6.10 Å². The van der Waals surface area contributed by atoms with Crippen LogP contribution in [-0.4, -0.2) is 10.1 Å². The Hall–Kier alpha value is -1.67. The van der Waals surface area contributed by atoms with E-state index in [2.05, 4.69) is 4.98 Å². The number of aliphatic hydroxyl groups is 1. The maximum atomic E-state index is 10.1. The lowest BCUT2D eigenvalue weighted by Crippen LogP contribution is -2.01. The second-order valence-corrected chi connectivity index (χ2v) is 3.57. The van der Waals surface area contributed by atoms with Crippen LogP contribution in [0.4, 0.5) is 0 Å². The van der Waals surface area contributed by atoms with Crippen LogP contribution in [0.3, 0.4) is 0 Å². The molecular weight excluding hydrogens is 186 g/mol. The summed E-state index contributed by atoms with van der Waals surface area (Å²) in [6.45, 7) is 2.01. The van der Waals surface area contributed by atoms with E-state index in [-0.39, 0.29) is 0 Å². The molecule has 2 nitrogen and oxygen atoms in total. The van der Waals surface area contributed by atoms with Gasteiger partial charge in [0.05, 0.1) is 5.69 Å². The van der Waals surface area contributed by atoms with Gasteiger partial charge in [-0.15, -0.1) is 0 Å². The van der Waals surface area contributed by atoms with Crippen molar-refractivity contribution >= 4 is 0 Å². The van der Waals surface area contributed by atoms with Crippen LogP contribution in [0.15, 0.2) is 48.7 Å². The Kier molecular flexibility index (Phi) is 2.79. The summed E-state index contributed by atoms with van der Waals surface area (Å²) in [7, 11) is 0. The van der Waals surface area contributed by atoms with Crippen LogP contribution in [0, 0.1) is 6.92 Å². The second kappa shape index (κ2) is 4.24. The van der Waals surface area contributed by atoms with Gasteiger partial charge in [0.25, 0.3) is 0 Å². The summed E-state index contributed by atoms with van der Waals surface area (Å²) in [4.78, 5) is 4.13. The lowest BCUT2D eigenvalue weighted by atomic mass is 10.0. The minimum Gasteiger partial charge on any atom is -0.382 e. The van der Waals surface area contributed by atoms with Crippen LogP contribution in [0.1, 0.15) is 22.9 Å². The number of aliphatic hydroxyl groups excluding tert-OH is 1. The molecule has 1 atom stereocenters. The van der Waals surface area contributed by atoms with Crippen molar-refractivity contribution in [1.82, 2.24) is 4.98 Å². The van der Waals surface area contributed by atoms with E-state index >= 15 is 0 Å². The van der Waals surface area contributed by atoms with Crippen molar-refractivity contribution in [3.63, 3.8) is 0 Å². The van der Waals surface area contributed by atoms with Crippen molar-refractivity contribution in [3.8, 4) is 0 Å². The first-order valence-corrected chi connectivity index (χ1v) is 4.93. The number of pyridine rings is 1. The highest BCUT2D eigenvalue weighted by Gasteiger charge is 2.10. The van der Waals surface area contributed by atoms with Gasteiger partial charge in [0.1, 0.15) is 6.10 Å². The molecule has 0 aliphatic rings. The molecule has 2 aromatic rings. The number of nitrogens with zero attached hydrogens (tertiary/aromatic N) is 1. The first-order valence-electron chi connectivity index (χ1n) is 4.93. The fourth-order valence-electron chi connectivity index (χ4n) is 1.55. The lowest BCUT2D eigenvalue weighted by Gasteiger charge is -2.10.